The van der Waals surface area contributed by atoms with Gasteiger partial charge in [0.15, 0.2) is 0 Å². The maximum atomic E-state index is 11.0. The number of hydrogen-bond acceptors (Lipinski definition) is 5. The van der Waals surface area contributed by atoms with E-state index in [2.05, 4.69) is 15.3 Å². The van der Waals surface area contributed by atoms with E-state index in [-0.39, 0.29) is 11.8 Å². The SMILES string of the molecule is CNC(CCS(C)(=O)=O)c1ncccn1. The van der Waals surface area contributed by atoms with E-state index < -0.39 is 9.84 Å². The Morgan fingerprint density at radius 1 is 1.40 bits per heavy atom. The molecule has 1 aromatic heterocycles. The molecule has 0 amide bonds. The summed E-state index contributed by atoms with van der Waals surface area (Å²) in [5.74, 6) is 0.764. The van der Waals surface area contributed by atoms with Gasteiger partial charge >= 0.3 is 0 Å². The number of hydrogen-bond donors (Lipinski definition) is 1. The normalized spacial score (nSPS) is 13.7. The molecule has 0 aliphatic heterocycles. The van der Waals surface area contributed by atoms with Gasteiger partial charge in [-0.3, -0.25) is 0 Å². The quantitative estimate of drug-likeness (QED) is 0.779. The van der Waals surface area contributed by atoms with Crippen molar-refractivity contribution >= 4 is 9.84 Å². The minimum absolute atomic E-state index is 0.110. The summed E-state index contributed by atoms with van der Waals surface area (Å²) < 4.78 is 22.0. The summed E-state index contributed by atoms with van der Waals surface area (Å²) in [6.45, 7) is 0. The highest BCUT2D eigenvalue weighted by Gasteiger charge is 2.14. The largest absolute Gasteiger partial charge is 0.310 e. The molecule has 0 radical (unpaired) electrons. The molecule has 84 valence electrons. The lowest BCUT2D eigenvalue weighted by Gasteiger charge is -2.13. The van der Waals surface area contributed by atoms with Gasteiger partial charge in [-0.15, -0.1) is 0 Å². The summed E-state index contributed by atoms with van der Waals surface area (Å²) in [5.41, 5.74) is 0. The first-order valence-electron chi connectivity index (χ1n) is 4.65. The number of nitrogens with one attached hydrogen (secondary N) is 1. The van der Waals surface area contributed by atoms with Crippen molar-refractivity contribution in [2.75, 3.05) is 19.1 Å². The molecule has 1 atom stereocenters. The van der Waals surface area contributed by atoms with E-state index in [1.54, 1.807) is 25.5 Å². The van der Waals surface area contributed by atoms with Gasteiger partial charge in [-0.2, -0.15) is 0 Å². The smallest absolute Gasteiger partial charge is 0.147 e. The van der Waals surface area contributed by atoms with Crippen LogP contribution < -0.4 is 5.32 Å². The Labute approximate surface area is 89.9 Å². The molecule has 0 spiro atoms. The van der Waals surface area contributed by atoms with Gasteiger partial charge in [0, 0.05) is 18.6 Å². The molecule has 0 aliphatic carbocycles. The van der Waals surface area contributed by atoms with Crippen LogP contribution in [0.4, 0.5) is 0 Å². The number of rotatable bonds is 5. The molecule has 6 heteroatoms. The average molecular weight is 229 g/mol. The highest BCUT2D eigenvalue weighted by atomic mass is 32.2. The molecule has 1 N–H and O–H groups in total. The molecule has 0 saturated carbocycles. The Kier molecular flexibility index (Phi) is 4.16. The molecule has 1 rings (SSSR count). The first-order valence-corrected chi connectivity index (χ1v) is 6.71. The van der Waals surface area contributed by atoms with Crippen LogP contribution in [0.15, 0.2) is 18.5 Å². The molecular formula is C9H15N3O2S. The van der Waals surface area contributed by atoms with E-state index >= 15 is 0 Å². The van der Waals surface area contributed by atoms with E-state index in [4.69, 9.17) is 0 Å². The second-order valence-electron chi connectivity index (χ2n) is 3.37. The third-order valence-corrected chi connectivity index (χ3v) is 3.00. The molecule has 0 aliphatic rings. The summed E-state index contributed by atoms with van der Waals surface area (Å²) in [6.07, 6.45) is 5.01. The number of sulfone groups is 1. The van der Waals surface area contributed by atoms with Gasteiger partial charge in [0.05, 0.1) is 11.8 Å². The Morgan fingerprint density at radius 3 is 2.47 bits per heavy atom. The minimum Gasteiger partial charge on any atom is -0.310 e. The standard InChI is InChI=1S/C9H15N3O2S/c1-10-8(4-7-15(2,13)14)9-11-5-3-6-12-9/h3,5-6,8,10H,4,7H2,1-2H3. The van der Waals surface area contributed by atoms with Gasteiger partial charge in [-0.1, -0.05) is 0 Å². The maximum absolute atomic E-state index is 11.0. The first-order chi connectivity index (χ1) is 7.03. The Hall–Kier alpha value is -1.01. The van der Waals surface area contributed by atoms with Crippen LogP contribution in [0.5, 0.6) is 0 Å². The zero-order valence-electron chi connectivity index (χ0n) is 8.84. The Balaban J connectivity index is 2.66. The minimum atomic E-state index is -2.93. The van der Waals surface area contributed by atoms with E-state index in [1.807, 2.05) is 0 Å². The lowest BCUT2D eigenvalue weighted by Crippen LogP contribution is -2.21. The molecule has 0 bridgehead atoms. The van der Waals surface area contributed by atoms with Gasteiger partial charge in [-0.05, 0) is 19.5 Å². The van der Waals surface area contributed by atoms with Crippen LogP contribution in [-0.4, -0.2) is 37.4 Å². The van der Waals surface area contributed by atoms with Gasteiger partial charge in [0.2, 0.25) is 0 Å². The van der Waals surface area contributed by atoms with Crippen molar-refractivity contribution in [3.05, 3.63) is 24.3 Å². The van der Waals surface area contributed by atoms with Crippen molar-refractivity contribution in [2.24, 2.45) is 0 Å². The summed E-state index contributed by atoms with van der Waals surface area (Å²) in [5, 5.41) is 3.00. The monoisotopic (exact) mass is 229 g/mol. The summed E-state index contributed by atoms with van der Waals surface area (Å²) in [7, 11) is -1.17. The van der Waals surface area contributed by atoms with Crippen LogP contribution in [0.1, 0.15) is 18.3 Å². The summed E-state index contributed by atoms with van der Waals surface area (Å²) in [6, 6.07) is 1.62. The predicted octanol–water partition coefficient (Wildman–Crippen LogP) is 0.172. The fraction of sp³-hybridized carbons (Fsp3) is 0.556. The summed E-state index contributed by atoms with van der Waals surface area (Å²) in [4.78, 5) is 8.16. The Bertz CT molecular complexity index is 391. The molecule has 15 heavy (non-hydrogen) atoms. The van der Waals surface area contributed by atoms with Gasteiger partial charge < -0.3 is 5.32 Å². The van der Waals surface area contributed by atoms with Crippen molar-refractivity contribution in [3.8, 4) is 0 Å². The van der Waals surface area contributed by atoms with Crippen LogP contribution in [0.25, 0.3) is 0 Å². The topological polar surface area (TPSA) is 72.0 Å². The molecular weight excluding hydrogens is 214 g/mol. The summed E-state index contributed by atoms with van der Waals surface area (Å²) >= 11 is 0. The van der Waals surface area contributed by atoms with E-state index in [1.165, 1.54) is 6.26 Å². The lowest BCUT2D eigenvalue weighted by atomic mass is 10.2. The second-order valence-corrected chi connectivity index (χ2v) is 5.63. The zero-order chi connectivity index (χ0) is 11.3. The van der Waals surface area contributed by atoms with E-state index in [0.717, 1.165) is 0 Å². The predicted molar refractivity (Wildman–Crippen MR) is 58.2 cm³/mol. The van der Waals surface area contributed by atoms with E-state index in [9.17, 15) is 8.42 Å². The van der Waals surface area contributed by atoms with Crippen LogP contribution in [-0.2, 0) is 9.84 Å². The molecule has 0 aromatic carbocycles. The van der Waals surface area contributed by atoms with Crippen molar-refractivity contribution in [1.29, 1.82) is 0 Å². The number of aromatic nitrogens is 2. The van der Waals surface area contributed by atoms with Gasteiger partial charge in [0.25, 0.3) is 0 Å². The van der Waals surface area contributed by atoms with Crippen LogP contribution in [0, 0.1) is 0 Å². The first kappa shape index (κ1) is 12.1. The molecule has 1 aromatic rings. The maximum Gasteiger partial charge on any atom is 0.147 e. The molecule has 5 nitrogen and oxygen atoms in total. The third-order valence-electron chi connectivity index (χ3n) is 2.02. The van der Waals surface area contributed by atoms with Crippen molar-refractivity contribution in [1.82, 2.24) is 15.3 Å². The van der Waals surface area contributed by atoms with Crippen molar-refractivity contribution < 1.29 is 8.42 Å². The lowest BCUT2D eigenvalue weighted by molar-refractivity contribution is 0.535. The fourth-order valence-corrected chi connectivity index (χ4v) is 1.89. The van der Waals surface area contributed by atoms with Gasteiger partial charge in [-0.25, -0.2) is 18.4 Å². The molecule has 0 fully saturated rings. The van der Waals surface area contributed by atoms with Gasteiger partial charge in [0.1, 0.15) is 15.7 Å². The molecule has 1 heterocycles. The average Bonchev–Trinajstić information content (AvgIpc) is 2.19. The number of nitrogens with zero attached hydrogens (tertiary/aromatic N) is 2. The third kappa shape index (κ3) is 4.35. The van der Waals surface area contributed by atoms with Crippen LogP contribution in [0.3, 0.4) is 0 Å². The second kappa shape index (κ2) is 5.18. The highest BCUT2D eigenvalue weighted by molar-refractivity contribution is 7.90. The van der Waals surface area contributed by atoms with E-state index in [0.29, 0.717) is 12.2 Å². The molecule has 1 unspecified atom stereocenters. The fourth-order valence-electron chi connectivity index (χ4n) is 1.23. The van der Waals surface area contributed by atoms with Crippen LogP contribution in [0.2, 0.25) is 0 Å². The zero-order valence-corrected chi connectivity index (χ0v) is 9.66. The van der Waals surface area contributed by atoms with Crippen molar-refractivity contribution in [2.45, 2.75) is 12.5 Å². The molecule has 0 saturated heterocycles. The van der Waals surface area contributed by atoms with Crippen LogP contribution >= 0.6 is 0 Å². The highest BCUT2D eigenvalue weighted by Crippen LogP contribution is 2.11. The van der Waals surface area contributed by atoms with Crippen molar-refractivity contribution in [3.63, 3.8) is 0 Å². The Morgan fingerprint density at radius 2 is 2.00 bits per heavy atom.